The molecule has 6 heteroatoms. The zero-order chi connectivity index (χ0) is 22.3. The van der Waals surface area contributed by atoms with Crippen LogP contribution in [-0.4, -0.2) is 15.6 Å². The summed E-state index contributed by atoms with van der Waals surface area (Å²) < 4.78 is 8.84. The number of nitrogens with zero attached hydrogens (tertiary/aromatic N) is 1. The Morgan fingerprint density at radius 3 is 2.58 bits per heavy atom. The van der Waals surface area contributed by atoms with E-state index in [1.54, 1.807) is 0 Å². The lowest BCUT2D eigenvalue weighted by Crippen LogP contribution is -2.42. The highest BCUT2D eigenvalue weighted by Crippen LogP contribution is 2.44. The lowest BCUT2D eigenvalue weighted by molar-refractivity contribution is 0.0693. The van der Waals surface area contributed by atoms with Gasteiger partial charge in [0.1, 0.15) is 17.9 Å². The molecule has 0 aliphatic carbocycles. The van der Waals surface area contributed by atoms with Gasteiger partial charge in [0.25, 0.3) is 0 Å². The van der Waals surface area contributed by atoms with E-state index in [2.05, 4.69) is 36.7 Å². The topological polar surface area (TPSA) is 68.5 Å². The maximum absolute atomic E-state index is 12.5. The van der Waals surface area contributed by atoms with Gasteiger partial charge in [-0.2, -0.15) is 0 Å². The molecular formula is C25H24BrNO4. The van der Waals surface area contributed by atoms with Crippen LogP contribution in [0.4, 0.5) is 0 Å². The molecule has 2 heterocycles. The van der Waals surface area contributed by atoms with Gasteiger partial charge in [0.15, 0.2) is 5.43 Å². The van der Waals surface area contributed by atoms with Gasteiger partial charge in [0, 0.05) is 23.4 Å². The second-order valence-electron chi connectivity index (χ2n) is 8.51. The van der Waals surface area contributed by atoms with Crippen molar-refractivity contribution in [3.8, 4) is 17.0 Å². The van der Waals surface area contributed by atoms with Crippen LogP contribution in [0.25, 0.3) is 11.3 Å². The molecule has 160 valence electrons. The highest BCUT2D eigenvalue weighted by molar-refractivity contribution is 9.10. The van der Waals surface area contributed by atoms with E-state index >= 15 is 0 Å². The molecule has 1 aliphatic heterocycles. The molecule has 1 N–H and O–H groups in total. The smallest absolute Gasteiger partial charge is 0.341 e. The lowest BCUT2D eigenvalue weighted by Gasteiger charge is -2.43. The Bertz CT molecular complexity index is 1220. The largest absolute Gasteiger partial charge is 0.488 e. The number of hydrogen-bond donors (Lipinski definition) is 1. The SMILES string of the molecule is CC(C)C1(C)Cc2cc(OCc3ccccc3)c(Br)cc2-c2cc(=O)c(C(=O)O)cn21. The number of aromatic carboxylic acids is 1. The van der Waals surface area contributed by atoms with Crippen LogP contribution in [0.1, 0.15) is 42.3 Å². The number of benzene rings is 2. The summed E-state index contributed by atoms with van der Waals surface area (Å²) >= 11 is 3.61. The van der Waals surface area contributed by atoms with Crippen LogP contribution in [-0.2, 0) is 18.6 Å². The Morgan fingerprint density at radius 2 is 1.94 bits per heavy atom. The molecule has 0 fully saturated rings. The van der Waals surface area contributed by atoms with Gasteiger partial charge in [-0.3, -0.25) is 4.79 Å². The van der Waals surface area contributed by atoms with E-state index in [-0.39, 0.29) is 17.0 Å². The molecule has 5 nitrogen and oxygen atoms in total. The fourth-order valence-corrected chi connectivity index (χ4v) is 4.56. The van der Waals surface area contributed by atoms with E-state index in [4.69, 9.17) is 4.74 Å². The number of fused-ring (bicyclic) bond motifs is 3. The van der Waals surface area contributed by atoms with E-state index in [1.807, 2.05) is 47.0 Å². The van der Waals surface area contributed by atoms with Gasteiger partial charge in [-0.05, 0) is 58.5 Å². The van der Waals surface area contributed by atoms with E-state index in [0.717, 1.165) is 32.6 Å². The molecule has 0 radical (unpaired) electrons. The zero-order valence-corrected chi connectivity index (χ0v) is 19.3. The molecule has 2 aromatic carbocycles. The quantitative estimate of drug-likeness (QED) is 0.523. The number of ether oxygens (including phenoxy) is 1. The van der Waals surface area contributed by atoms with Crippen molar-refractivity contribution in [2.75, 3.05) is 0 Å². The van der Waals surface area contributed by atoms with Gasteiger partial charge in [-0.1, -0.05) is 44.2 Å². The Balaban J connectivity index is 1.82. The molecule has 0 spiro atoms. The minimum absolute atomic E-state index is 0.207. The normalized spacial score (nSPS) is 17.2. The first kappa shape index (κ1) is 21.4. The molecule has 0 amide bonds. The van der Waals surface area contributed by atoms with Crippen molar-refractivity contribution >= 4 is 21.9 Å². The molecule has 4 rings (SSSR count). The monoisotopic (exact) mass is 481 g/mol. The number of pyridine rings is 1. The number of rotatable bonds is 5. The van der Waals surface area contributed by atoms with Gasteiger partial charge in [0.05, 0.1) is 10.2 Å². The van der Waals surface area contributed by atoms with Gasteiger partial charge >= 0.3 is 5.97 Å². The van der Waals surface area contributed by atoms with Gasteiger partial charge in [-0.25, -0.2) is 4.79 Å². The number of hydrogen-bond acceptors (Lipinski definition) is 3. The highest BCUT2D eigenvalue weighted by Gasteiger charge is 2.38. The minimum Gasteiger partial charge on any atom is -0.488 e. The predicted octanol–water partition coefficient (Wildman–Crippen LogP) is 5.48. The summed E-state index contributed by atoms with van der Waals surface area (Å²) in [6.45, 7) is 6.78. The maximum Gasteiger partial charge on any atom is 0.341 e. The van der Waals surface area contributed by atoms with Crippen LogP contribution >= 0.6 is 15.9 Å². The summed E-state index contributed by atoms with van der Waals surface area (Å²) in [4.78, 5) is 24.1. The molecule has 31 heavy (non-hydrogen) atoms. The predicted molar refractivity (Wildman–Crippen MR) is 124 cm³/mol. The van der Waals surface area contributed by atoms with Crippen LogP contribution in [0.2, 0.25) is 0 Å². The van der Waals surface area contributed by atoms with E-state index in [0.29, 0.717) is 13.0 Å². The summed E-state index contributed by atoms with van der Waals surface area (Å²) in [6, 6.07) is 15.4. The third-order valence-electron chi connectivity index (χ3n) is 6.29. The zero-order valence-electron chi connectivity index (χ0n) is 17.7. The van der Waals surface area contributed by atoms with Crippen LogP contribution in [0.15, 0.2) is 64.0 Å². The number of aromatic nitrogens is 1. The number of carboxylic acid groups (broad SMARTS) is 1. The Kier molecular flexibility index (Phi) is 5.52. The summed E-state index contributed by atoms with van der Waals surface area (Å²) in [6.07, 6.45) is 2.20. The summed E-state index contributed by atoms with van der Waals surface area (Å²) in [5, 5.41) is 9.47. The summed E-state index contributed by atoms with van der Waals surface area (Å²) in [7, 11) is 0. The van der Waals surface area contributed by atoms with Crippen molar-refractivity contribution in [3.05, 3.63) is 86.1 Å². The number of carboxylic acids is 1. The van der Waals surface area contributed by atoms with E-state index in [1.165, 1.54) is 12.3 Å². The van der Waals surface area contributed by atoms with Crippen molar-refractivity contribution in [1.29, 1.82) is 0 Å². The fourth-order valence-electron chi connectivity index (χ4n) is 4.10. The van der Waals surface area contributed by atoms with Crippen LogP contribution in [0.3, 0.4) is 0 Å². The van der Waals surface area contributed by atoms with Gasteiger partial charge in [-0.15, -0.1) is 0 Å². The van der Waals surface area contributed by atoms with Crippen LogP contribution in [0, 0.1) is 5.92 Å². The second-order valence-corrected chi connectivity index (χ2v) is 9.37. The van der Waals surface area contributed by atoms with E-state index < -0.39 is 11.4 Å². The Morgan fingerprint density at radius 1 is 1.23 bits per heavy atom. The molecule has 1 aliphatic rings. The molecular weight excluding hydrogens is 458 g/mol. The van der Waals surface area contributed by atoms with Gasteiger partial charge < -0.3 is 14.4 Å². The van der Waals surface area contributed by atoms with Gasteiger partial charge in [0.2, 0.25) is 0 Å². The van der Waals surface area contributed by atoms with Crippen molar-refractivity contribution < 1.29 is 14.6 Å². The first-order valence-electron chi connectivity index (χ1n) is 10.2. The van der Waals surface area contributed by atoms with Crippen LogP contribution in [0.5, 0.6) is 5.75 Å². The number of carbonyl (C=O) groups is 1. The number of halogens is 1. The molecule has 1 unspecified atom stereocenters. The molecule has 0 saturated carbocycles. The Labute approximate surface area is 189 Å². The molecule has 0 bridgehead atoms. The summed E-state index contributed by atoms with van der Waals surface area (Å²) in [5.41, 5.74) is 2.71. The molecule has 3 aromatic rings. The van der Waals surface area contributed by atoms with E-state index in [9.17, 15) is 14.7 Å². The minimum atomic E-state index is -1.21. The lowest BCUT2D eigenvalue weighted by atomic mass is 9.77. The average Bonchev–Trinajstić information content (AvgIpc) is 2.73. The summed E-state index contributed by atoms with van der Waals surface area (Å²) in [5.74, 6) is -0.254. The van der Waals surface area contributed by atoms with Crippen molar-refractivity contribution in [2.24, 2.45) is 5.92 Å². The molecule has 0 saturated heterocycles. The highest BCUT2D eigenvalue weighted by atomic mass is 79.9. The third kappa shape index (κ3) is 3.81. The second kappa shape index (κ2) is 8.00. The molecule has 1 atom stereocenters. The maximum atomic E-state index is 12.5. The van der Waals surface area contributed by atoms with Crippen molar-refractivity contribution in [3.63, 3.8) is 0 Å². The average molecular weight is 482 g/mol. The van der Waals surface area contributed by atoms with Crippen LogP contribution < -0.4 is 10.2 Å². The van der Waals surface area contributed by atoms with Crippen molar-refractivity contribution in [1.82, 2.24) is 4.57 Å². The Hall–Kier alpha value is -2.86. The first-order chi connectivity index (χ1) is 14.7. The molecule has 1 aromatic heterocycles. The standard InChI is InChI=1S/C25H24BrNO4/c1-15(2)25(3)12-17-9-23(31-14-16-7-5-4-6-8-16)20(26)10-18(17)21-11-22(28)19(24(29)30)13-27(21)25/h4-11,13,15H,12,14H2,1-3H3,(H,29,30). The third-order valence-corrected chi connectivity index (χ3v) is 6.91. The fraction of sp³-hybridized carbons (Fsp3) is 0.280. The first-order valence-corrected chi connectivity index (χ1v) is 11.0. The van der Waals surface area contributed by atoms with Crippen molar-refractivity contribution in [2.45, 2.75) is 39.3 Å².